The summed E-state index contributed by atoms with van der Waals surface area (Å²) >= 11 is 0. The van der Waals surface area contributed by atoms with Crippen LogP contribution in [0.5, 0.6) is 0 Å². The minimum Gasteiger partial charge on any atom is -0.743 e. The van der Waals surface area contributed by atoms with Gasteiger partial charge in [-0.25, -0.2) is 18.0 Å². The molecule has 0 aromatic carbocycles. The number of hydrogen-bond acceptors (Lipinski definition) is 8. The van der Waals surface area contributed by atoms with E-state index in [1.165, 1.54) is 0 Å². The van der Waals surface area contributed by atoms with E-state index in [1.807, 2.05) is 0 Å². The van der Waals surface area contributed by atoms with Gasteiger partial charge in [-0.15, -0.1) is 0 Å². The molecule has 0 aliphatic carbocycles. The Bertz CT molecular complexity index is 918. The van der Waals surface area contributed by atoms with Crippen LogP contribution in [-0.2, 0) is 33.9 Å². The van der Waals surface area contributed by atoms with Crippen molar-refractivity contribution < 1.29 is 80.7 Å². The lowest BCUT2D eigenvalue weighted by Gasteiger charge is -2.35. The number of carbonyl (C=O) groups is 2. The SMILES string of the molecule is C=C(C(=O)OC(OCCCC(F)(F)C(F)(F)S(=O)(=O)[O-])(C(=O)OC(C)(C)C)C(F)(F)F)C(F)(F)F. The number of esters is 2. The second-order valence-electron chi connectivity index (χ2n) is 7.61. The summed E-state index contributed by atoms with van der Waals surface area (Å²) in [4.78, 5) is 23.8. The van der Waals surface area contributed by atoms with Crippen LogP contribution in [0.1, 0.15) is 33.6 Å². The number of ether oxygens (including phenoxy) is 3. The summed E-state index contributed by atoms with van der Waals surface area (Å²) in [5.74, 6) is -16.2. The van der Waals surface area contributed by atoms with E-state index in [0.717, 1.165) is 20.8 Å². The minimum absolute atomic E-state index is 0.967. The maximum Gasteiger partial charge on any atom is 0.468 e. The highest BCUT2D eigenvalue weighted by Gasteiger charge is 2.69. The number of halogens is 10. The van der Waals surface area contributed by atoms with E-state index in [1.54, 1.807) is 0 Å². The van der Waals surface area contributed by atoms with Crippen LogP contribution in [0.15, 0.2) is 12.2 Å². The van der Waals surface area contributed by atoms with Gasteiger partial charge >= 0.3 is 41.3 Å². The molecule has 19 heteroatoms. The first-order chi connectivity index (χ1) is 15.1. The maximum absolute atomic E-state index is 13.7. The molecule has 0 aromatic rings. The van der Waals surface area contributed by atoms with Crippen molar-refractivity contribution in [1.29, 1.82) is 0 Å². The summed E-state index contributed by atoms with van der Waals surface area (Å²) in [6.45, 7) is 3.20. The topological polar surface area (TPSA) is 119 Å². The quantitative estimate of drug-likeness (QED) is 0.0990. The summed E-state index contributed by atoms with van der Waals surface area (Å²) < 4.78 is 175. The van der Waals surface area contributed by atoms with Gasteiger partial charge in [0.1, 0.15) is 11.2 Å². The van der Waals surface area contributed by atoms with Gasteiger partial charge in [0.05, 0.1) is 6.61 Å². The van der Waals surface area contributed by atoms with Crippen LogP contribution in [0.3, 0.4) is 0 Å². The third-order valence-corrected chi connectivity index (χ3v) is 4.47. The van der Waals surface area contributed by atoms with Crippen molar-refractivity contribution in [2.45, 2.75) is 68.5 Å². The molecule has 0 amide bonds. The highest BCUT2D eigenvalue weighted by molar-refractivity contribution is 7.86. The molecule has 0 aromatic heterocycles. The largest absolute Gasteiger partial charge is 0.743 e. The molecule has 0 N–H and O–H groups in total. The van der Waals surface area contributed by atoms with Crippen molar-refractivity contribution in [3.8, 4) is 0 Å². The van der Waals surface area contributed by atoms with Gasteiger partial charge in [-0.1, -0.05) is 6.58 Å². The predicted molar refractivity (Wildman–Crippen MR) is 90.7 cm³/mol. The molecule has 1 atom stereocenters. The number of alkyl halides is 10. The average Bonchev–Trinajstić information content (AvgIpc) is 2.58. The zero-order valence-corrected chi connectivity index (χ0v) is 18.6. The van der Waals surface area contributed by atoms with Crippen LogP contribution in [0.4, 0.5) is 43.9 Å². The lowest BCUT2D eigenvalue weighted by atomic mass is 10.1. The second-order valence-corrected chi connectivity index (χ2v) is 9.03. The van der Waals surface area contributed by atoms with Crippen LogP contribution < -0.4 is 0 Å². The van der Waals surface area contributed by atoms with E-state index in [0.29, 0.717) is 0 Å². The Morgan fingerprint density at radius 3 is 1.69 bits per heavy atom. The molecule has 0 rings (SSSR count). The van der Waals surface area contributed by atoms with Gasteiger partial charge in [0, 0.05) is 6.42 Å². The van der Waals surface area contributed by atoms with Crippen molar-refractivity contribution in [1.82, 2.24) is 0 Å². The number of hydrogen-bond donors (Lipinski definition) is 0. The summed E-state index contributed by atoms with van der Waals surface area (Å²) in [5, 5.41) is -6.21. The summed E-state index contributed by atoms with van der Waals surface area (Å²) in [5.41, 5.74) is -4.37. The van der Waals surface area contributed by atoms with E-state index in [2.05, 4.69) is 20.8 Å². The Balaban J connectivity index is 6.13. The average molecular weight is 559 g/mol. The van der Waals surface area contributed by atoms with Crippen LogP contribution in [0, 0.1) is 0 Å². The predicted octanol–water partition coefficient (Wildman–Crippen LogP) is 3.82. The van der Waals surface area contributed by atoms with Gasteiger partial charge in [0.2, 0.25) is 0 Å². The molecule has 206 valence electrons. The highest BCUT2D eigenvalue weighted by Crippen LogP contribution is 2.42. The zero-order chi connectivity index (χ0) is 28.5. The minimum atomic E-state index is -6.94. The molecule has 0 radical (unpaired) electrons. The Kier molecular flexibility index (Phi) is 9.46. The van der Waals surface area contributed by atoms with Crippen molar-refractivity contribution in [3.63, 3.8) is 0 Å². The molecular weight excluding hydrogens is 542 g/mol. The molecule has 35 heavy (non-hydrogen) atoms. The molecular formula is C16H17F10O8S-. The molecule has 0 saturated carbocycles. The first kappa shape index (κ1) is 32.8. The molecule has 0 fully saturated rings. The molecule has 0 bridgehead atoms. The van der Waals surface area contributed by atoms with Crippen molar-refractivity contribution in [2.75, 3.05) is 6.61 Å². The normalized spacial score (nSPS) is 15.8. The van der Waals surface area contributed by atoms with Gasteiger partial charge in [0.15, 0.2) is 10.1 Å². The first-order valence-electron chi connectivity index (χ1n) is 8.77. The van der Waals surface area contributed by atoms with Crippen LogP contribution in [-0.4, -0.2) is 66.4 Å². The third-order valence-electron chi connectivity index (χ3n) is 3.55. The van der Waals surface area contributed by atoms with E-state index >= 15 is 0 Å². The van der Waals surface area contributed by atoms with E-state index in [-0.39, 0.29) is 0 Å². The van der Waals surface area contributed by atoms with Gasteiger partial charge in [0.25, 0.3) is 0 Å². The van der Waals surface area contributed by atoms with Crippen LogP contribution >= 0.6 is 0 Å². The van der Waals surface area contributed by atoms with E-state index < -0.39 is 82.0 Å². The summed E-state index contributed by atoms with van der Waals surface area (Å²) in [7, 11) is -6.94. The van der Waals surface area contributed by atoms with E-state index in [9.17, 15) is 66.5 Å². The smallest absolute Gasteiger partial charge is 0.468 e. The highest BCUT2D eigenvalue weighted by atomic mass is 32.2. The fourth-order valence-electron chi connectivity index (χ4n) is 1.88. The van der Waals surface area contributed by atoms with Crippen LogP contribution in [0.2, 0.25) is 0 Å². The Morgan fingerprint density at radius 1 is 0.886 bits per heavy atom. The van der Waals surface area contributed by atoms with Gasteiger partial charge in [-0.2, -0.15) is 43.9 Å². The maximum atomic E-state index is 13.7. The molecule has 0 spiro atoms. The molecule has 0 aliphatic rings. The molecule has 0 aliphatic heterocycles. The Hall–Kier alpha value is -2.15. The lowest BCUT2D eigenvalue weighted by molar-refractivity contribution is -0.358. The van der Waals surface area contributed by atoms with Crippen molar-refractivity contribution >= 4 is 22.1 Å². The lowest BCUT2D eigenvalue weighted by Crippen LogP contribution is -2.59. The monoisotopic (exact) mass is 559 g/mol. The Morgan fingerprint density at radius 2 is 1.34 bits per heavy atom. The van der Waals surface area contributed by atoms with Gasteiger partial charge < -0.3 is 18.8 Å². The fraction of sp³-hybridized carbons (Fsp3) is 0.750. The Labute approximate surface area is 190 Å². The fourth-order valence-corrected chi connectivity index (χ4v) is 2.34. The standard InChI is InChI=1S/C16H18F10O8S/c1-8(14(19,20)21)9(27)33-13(15(22,23)24,10(28)34-11(2,3)4)32-7-5-6-12(17,18)16(25,26)35(29,30)31/h1,5-7H2,2-4H3,(H,29,30,31)/p-1. The van der Waals surface area contributed by atoms with Gasteiger partial charge in [-0.3, -0.25) is 0 Å². The number of rotatable bonds is 10. The van der Waals surface area contributed by atoms with E-state index in [4.69, 9.17) is 0 Å². The summed E-state index contributed by atoms with van der Waals surface area (Å²) in [6, 6.07) is 0. The van der Waals surface area contributed by atoms with Gasteiger partial charge in [-0.05, 0) is 27.2 Å². The molecule has 0 heterocycles. The molecule has 0 saturated heterocycles. The van der Waals surface area contributed by atoms with Crippen molar-refractivity contribution in [2.24, 2.45) is 0 Å². The molecule has 1 unspecified atom stereocenters. The molecule has 8 nitrogen and oxygen atoms in total. The van der Waals surface area contributed by atoms with Crippen molar-refractivity contribution in [3.05, 3.63) is 12.2 Å². The second kappa shape index (κ2) is 10.1. The first-order valence-corrected chi connectivity index (χ1v) is 10.2. The zero-order valence-electron chi connectivity index (χ0n) is 17.8. The number of carbonyl (C=O) groups excluding carboxylic acids is 2. The summed E-state index contributed by atoms with van der Waals surface area (Å²) in [6.07, 6.45) is -15.9. The third kappa shape index (κ3) is 7.92. The van der Waals surface area contributed by atoms with Crippen LogP contribution in [0.25, 0.3) is 0 Å².